The van der Waals surface area contributed by atoms with E-state index in [4.69, 9.17) is 5.26 Å². The minimum absolute atomic E-state index is 0.577. The third-order valence-electron chi connectivity index (χ3n) is 2.37. The topological polar surface area (TPSA) is 36.7 Å². The zero-order valence-corrected chi connectivity index (χ0v) is 10.7. The number of hydrogen-bond acceptors (Lipinski definition) is 2. The molecule has 0 spiro atoms. The number of nitrogens with zero attached hydrogens (tertiary/aromatic N) is 2. The Labute approximate surface area is 118 Å². The van der Waals surface area contributed by atoms with Crippen molar-refractivity contribution in [2.45, 2.75) is 0 Å². The number of benzene rings is 1. The molecule has 2 nitrogen and oxygen atoms in total. The molecule has 0 unspecified atom stereocenters. The first-order valence-corrected chi connectivity index (χ1v) is 5.98. The Morgan fingerprint density at radius 3 is 2.25 bits per heavy atom. The number of nitriles is 1. The summed E-state index contributed by atoms with van der Waals surface area (Å²) < 4.78 is 0. The molecule has 0 atom stereocenters. The van der Waals surface area contributed by atoms with Crippen molar-refractivity contribution < 1.29 is 0 Å². The summed E-state index contributed by atoms with van der Waals surface area (Å²) in [6.07, 6.45) is 5.02. The maximum Gasteiger partial charge on any atom is 0.113 e. The number of rotatable bonds is 0. The lowest BCUT2D eigenvalue weighted by Gasteiger charge is -1.91. The lowest BCUT2D eigenvalue weighted by molar-refractivity contribution is 1.29. The SMILES string of the molecule is N#Cc1ccccc1C#C/C=C\C#Cc1ccccn1. The van der Waals surface area contributed by atoms with E-state index in [1.165, 1.54) is 0 Å². The Kier molecular flexibility index (Phi) is 4.75. The molecule has 0 aliphatic rings. The number of aromatic nitrogens is 1. The zero-order chi connectivity index (χ0) is 14.0. The monoisotopic (exact) mass is 254 g/mol. The average Bonchev–Trinajstić information content (AvgIpc) is 2.52. The van der Waals surface area contributed by atoms with Crippen molar-refractivity contribution in [2.24, 2.45) is 0 Å². The number of pyridine rings is 1. The smallest absolute Gasteiger partial charge is 0.113 e. The molecular weight excluding hydrogens is 244 g/mol. The van der Waals surface area contributed by atoms with Crippen LogP contribution in [0.15, 0.2) is 60.8 Å². The van der Waals surface area contributed by atoms with E-state index >= 15 is 0 Å². The van der Waals surface area contributed by atoms with Crippen LogP contribution in [0.25, 0.3) is 0 Å². The molecule has 1 aromatic heterocycles. The van der Waals surface area contributed by atoms with Crippen molar-refractivity contribution in [1.29, 1.82) is 5.26 Å². The van der Waals surface area contributed by atoms with Gasteiger partial charge in [0.25, 0.3) is 0 Å². The minimum atomic E-state index is 0.577. The van der Waals surface area contributed by atoms with Gasteiger partial charge >= 0.3 is 0 Å². The van der Waals surface area contributed by atoms with Crippen molar-refractivity contribution in [3.63, 3.8) is 0 Å². The molecular formula is C18H10N2. The van der Waals surface area contributed by atoms with Gasteiger partial charge in [-0.3, -0.25) is 0 Å². The lowest BCUT2D eigenvalue weighted by Crippen LogP contribution is -1.80. The fourth-order valence-electron chi connectivity index (χ4n) is 1.44. The quantitative estimate of drug-likeness (QED) is 0.678. The van der Waals surface area contributed by atoms with Crippen LogP contribution in [0.4, 0.5) is 0 Å². The second-order valence-corrected chi connectivity index (χ2v) is 3.74. The molecule has 2 aromatic rings. The van der Waals surface area contributed by atoms with Gasteiger partial charge in [0.05, 0.1) is 5.56 Å². The van der Waals surface area contributed by atoms with E-state index in [-0.39, 0.29) is 0 Å². The van der Waals surface area contributed by atoms with E-state index in [9.17, 15) is 0 Å². The highest BCUT2D eigenvalue weighted by Gasteiger charge is 1.94. The van der Waals surface area contributed by atoms with E-state index in [0.717, 1.165) is 11.3 Å². The molecule has 1 aromatic carbocycles. The minimum Gasteiger partial charge on any atom is -0.248 e. The van der Waals surface area contributed by atoms with Crippen LogP contribution in [-0.4, -0.2) is 4.98 Å². The third-order valence-corrected chi connectivity index (χ3v) is 2.37. The lowest BCUT2D eigenvalue weighted by atomic mass is 10.1. The normalized spacial score (nSPS) is 8.95. The van der Waals surface area contributed by atoms with Gasteiger partial charge in [-0.15, -0.1) is 0 Å². The van der Waals surface area contributed by atoms with Crippen molar-refractivity contribution in [3.05, 3.63) is 77.6 Å². The number of allylic oxidation sites excluding steroid dienone is 2. The predicted molar refractivity (Wildman–Crippen MR) is 78.3 cm³/mol. The Bertz CT molecular complexity index is 773. The molecule has 0 aliphatic heterocycles. The fourth-order valence-corrected chi connectivity index (χ4v) is 1.44. The maximum absolute atomic E-state index is 8.92. The van der Waals surface area contributed by atoms with E-state index < -0.39 is 0 Å². The molecule has 2 rings (SSSR count). The predicted octanol–water partition coefficient (Wildman–Crippen LogP) is 2.91. The summed E-state index contributed by atoms with van der Waals surface area (Å²) in [5.41, 5.74) is 2.02. The summed E-state index contributed by atoms with van der Waals surface area (Å²) in [6, 6.07) is 14.9. The summed E-state index contributed by atoms with van der Waals surface area (Å²) in [4.78, 5) is 4.09. The van der Waals surface area contributed by atoms with Gasteiger partial charge in [0.1, 0.15) is 11.8 Å². The Morgan fingerprint density at radius 2 is 1.55 bits per heavy atom. The highest BCUT2D eigenvalue weighted by molar-refractivity contribution is 5.49. The molecule has 0 aliphatic carbocycles. The fraction of sp³-hybridized carbons (Fsp3) is 0. The maximum atomic E-state index is 8.92. The molecule has 92 valence electrons. The summed E-state index contributed by atoms with van der Waals surface area (Å²) in [5.74, 6) is 11.5. The van der Waals surface area contributed by atoms with Gasteiger partial charge < -0.3 is 0 Å². The first-order chi connectivity index (χ1) is 9.90. The first-order valence-electron chi connectivity index (χ1n) is 5.98. The third kappa shape index (κ3) is 3.88. The van der Waals surface area contributed by atoms with E-state index in [2.05, 4.69) is 34.7 Å². The van der Waals surface area contributed by atoms with E-state index in [0.29, 0.717) is 5.56 Å². The van der Waals surface area contributed by atoms with Crippen LogP contribution in [-0.2, 0) is 0 Å². The largest absolute Gasteiger partial charge is 0.248 e. The summed E-state index contributed by atoms with van der Waals surface area (Å²) in [7, 11) is 0. The standard InChI is InChI=1S/C18H10N2/c19-15-17-11-6-5-10-16(17)9-3-1-2-4-12-18-13-7-8-14-20-18/h1-2,5-8,10-11,13-14H/b2-1-. The number of hydrogen-bond donors (Lipinski definition) is 0. The van der Waals surface area contributed by atoms with E-state index in [1.54, 1.807) is 24.4 Å². The van der Waals surface area contributed by atoms with Crippen LogP contribution < -0.4 is 0 Å². The summed E-state index contributed by atoms with van der Waals surface area (Å²) in [6.45, 7) is 0. The van der Waals surface area contributed by atoms with Crippen molar-refractivity contribution in [1.82, 2.24) is 4.98 Å². The van der Waals surface area contributed by atoms with Gasteiger partial charge in [-0.2, -0.15) is 5.26 Å². The Morgan fingerprint density at radius 1 is 0.850 bits per heavy atom. The van der Waals surface area contributed by atoms with Crippen LogP contribution in [0.2, 0.25) is 0 Å². The summed E-state index contributed by atoms with van der Waals surface area (Å²) >= 11 is 0. The second-order valence-electron chi connectivity index (χ2n) is 3.74. The molecule has 20 heavy (non-hydrogen) atoms. The molecule has 0 amide bonds. The highest BCUT2D eigenvalue weighted by atomic mass is 14.6. The molecule has 0 saturated carbocycles. The molecule has 0 fully saturated rings. The van der Waals surface area contributed by atoms with Gasteiger partial charge in [0.15, 0.2) is 0 Å². The van der Waals surface area contributed by atoms with Gasteiger partial charge in [0, 0.05) is 11.8 Å². The van der Waals surface area contributed by atoms with Gasteiger partial charge in [0.2, 0.25) is 0 Å². The van der Waals surface area contributed by atoms with E-state index in [1.807, 2.05) is 36.4 Å². The molecule has 0 saturated heterocycles. The van der Waals surface area contributed by atoms with Crippen molar-refractivity contribution >= 4 is 0 Å². The molecule has 0 N–H and O–H groups in total. The first kappa shape index (κ1) is 13.2. The van der Waals surface area contributed by atoms with Crippen LogP contribution in [0, 0.1) is 35.0 Å². The van der Waals surface area contributed by atoms with Crippen LogP contribution in [0.1, 0.15) is 16.8 Å². The molecule has 0 bridgehead atoms. The molecule has 0 radical (unpaired) electrons. The van der Waals surface area contributed by atoms with Crippen LogP contribution in [0.3, 0.4) is 0 Å². The highest BCUT2D eigenvalue weighted by Crippen LogP contribution is 2.04. The van der Waals surface area contributed by atoms with Gasteiger partial charge in [-0.05, 0) is 42.3 Å². The Hall–Kier alpha value is -3.28. The molecule has 1 heterocycles. The van der Waals surface area contributed by atoms with Crippen LogP contribution in [0.5, 0.6) is 0 Å². The van der Waals surface area contributed by atoms with Gasteiger partial charge in [-0.1, -0.05) is 36.0 Å². The Balaban J connectivity index is 2.04. The average molecular weight is 254 g/mol. The van der Waals surface area contributed by atoms with Crippen molar-refractivity contribution in [2.75, 3.05) is 0 Å². The molecule has 2 heteroatoms. The van der Waals surface area contributed by atoms with Gasteiger partial charge in [-0.25, -0.2) is 4.98 Å². The zero-order valence-electron chi connectivity index (χ0n) is 10.7. The van der Waals surface area contributed by atoms with Crippen LogP contribution >= 0.6 is 0 Å². The second kappa shape index (κ2) is 7.22. The van der Waals surface area contributed by atoms with Crippen molar-refractivity contribution in [3.8, 4) is 29.8 Å². The summed E-state index contributed by atoms with van der Waals surface area (Å²) in [5, 5.41) is 8.92.